The quantitative estimate of drug-likeness (QED) is 0.543. The predicted molar refractivity (Wildman–Crippen MR) is 78.8 cm³/mol. The van der Waals surface area contributed by atoms with Crippen molar-refractivity contribution in [1.82, 2.24) is 15.0 Å². The van der Waals surface area contributed by atoms with E-state index in [-0.39, 0.29) is 12.4 Å². The second-order valence-electron chi connectivity index (χ2n) is 4.49. The Morgan fingerprint density at radius 2 is 1.73 bits per heavy atom. The number of carbonyl (C=O) groups is 1. The zero-order valence-corrected chi connectivity index (χ0v) is 12.1. The van der Waals surface area contributed by atoms with Crippen LogP contribution in [0.2, 0.25) is 0 Å². The second-order valence-corrected chi connectivity index (χ2v) is 4.49. The highest BCUT2D eigenvalue weighted by Gasteiger charge is 2.28. The van der Waals surface area contributed by atoms with Gasteiger partial charge in [0.1, 0.15) is 5.69 Å². The molecular weight excluding hydrogens is 280 g/mol. The van der Waals surface area contributed by atoms with Gasteiger partial charge in [-0.1, -0.05) is 36.4 Å². The van der Waals surface area contributed by atoms with Gasteiger partial charge in [0.25, 0.3) is 0 Å². The summed E-state index contributed by atoms with van der Waals surface area (Å²) in [6.45, 7) is 2.03. The molecule has 0 bridgehead atoms. The molecule has 2 aromatic carbocycles. The molecule has 110 valence electrons. The lowest BCUT2D eigenvalue weighted by atomic mass is 10.3. The number of ether oxygens (including phenoxy) is 1. The van der Waals surface area contributed by atoms with Crippen molar-refractivity contribution in [2.75, 3.05) is 6.61 Å². The SMILES string of the molecule is CCOC(=O)c1nn(-c2ccccc2)[n+](-c2ccccc2)n1. The maximum atomic E-state index is 11.9. The zero-order chi connectivity index (χ0) is 15.4. The Bertz CT molecular complexity index is 712. The van der Waals surface area contributed by atoms with E-state index in [0.717, 1.165) is 11.4 Å². The van der Waals surface area contributed by atoms with Gasteiger partial charge >= 0.3 is 11.8 Å². The van der Waals surface area contributed by atoms with Gasteiger partial charge in [0, 0.05) is 9.90 Å². The molecule has 0 atom stereocenters. The monoisotopic (exact) mass is 295 g/mol. The number of hydrogen-bond donors (Lipinski definition) is 0. The van der Waals surface area contributed by atoms with E-state index >= 15 is 0 Å². The standard InChI is InChI=1S/C16H15N4O2/c1-2-22-16(21)15-17-19(13-9-5-3-6-10-13)20(18-15)14-11-7-4-8-12-14/h3-12H,2H2,1H3/q+1. The van der Waals surface area contributed by atoms with Gasteiger partial charge in [-0.3, -0.25) is 0 Å². The number of esters is 1. The van der Waals surface area contributed by atoms with Crippen molar-refractivity contribution in [3.05, 3.63) is 66.5 Å². The summed E-state index contributed by atoms with van der Waals surface area (Å²) in [5.41, 5.74) is 1.60. The topological polar surface area (TPSA) is 60.9 Å². The Morgan fingerprint density at radius 1 is 1.09 bits per heavy atom. The van der Waals surface area contributed by atoms with Crippen molar-refractivity contribution in [1.29, 1.82) is 0 Å². The van der Waals surface area contributed by atoms with Crippen LogP contribution in [0.15, 0.2) is 60.7 Å². The maximum absolute atomic E-state index is 11.9. The van der Waals surface area contributed by atoms with Crippen LogP contribution in [-0.4, -0.2) is 27.6 Å². The molecule has 0 radical (unpaired) electrons. The van der Waals surface area contributed by atoms with Crippen molar-refractivity contribution in [3.8, 4) is 11.4 Å². The van der Waals surface area contributed by atoms with Gasteiger partial charge in [-0.15, -0.1) is 0 Å². The first-order valence-corrected chi connectivity index (χ1v) is 6.97. The van der Waals surface area contributed by atoms with E-state index in [1.165, 1.54) is 0 Å². The Hall–Kier alpha value is -3.02. The normalized spacial score (nSPS) is 10.4. The molecule has 0 fully saturated rings. The van der Waals surface area contributed by atoms with Gasteiger partial charge < -0.3 is 4.74 Å². The number of hydrogen-bond acceptors (Lipinski definition) is 4. The van der Waals surface area contributed by atoms with Crippen molar-refractivity contribution < 1.29 is 14.3 Å². The van der Waals surface area contributed by atoms with E-state index in [0.29, 0.717) is 0 Å². The molecular formula is C16H15N4O2+. The van der Waals surface area contributed by atoms with Crippen molar-refractivity contribution in [2.24, 2.45) is 0 Å². The average molecular weight is 295 g/mol. The van der Waals surface area contributed by atoms with Crippen LogP contribution in [0, 0.1) is 0 Å². The minimum absolute atomic E-state index is 0.0227. The van der Waals surface area contributed by atoms with Crippen LogP contribution in [0.1, 0.15) is 17.5 Å². The largest absolute Gasteiger partial charge is 0.458 e. The molecule has 6 nitrogen and oxygen atoms in total. The Kier molecular flexibility index (Phi) is 3.91. The third-order valence-electron chi connectivity index (χ3n) is 2.99. The second kappa shape index (κ2) is 6.17. The fraction of sp³-hybridized carbons (Fsp3) is 0.125. The van der Waals surface area contributed by atoms with E-state index in [9.17, 15) is 4.79 Å². The van der Waals surface area contributed by atoms with Crippen molar-refractivity contribution in [2.45, 2.75) is 6.92 Å². The fourth-order valence-corrected chi connectivity index (χ4v) is 2.02. The summed E-state index contributed by atoms with van der Waals surface area (Å²) in [4.78, 5) is 15.0. The first-order valence-electron chi connectivity index (χ1n) is 6.97. The van der Waals surface area contributed by atoms with Gasteiger partial charge in [0.15, 0.2) is 5.69 Å². The highest BCUT2D eigenvalue weighted by molar-refractivity contribution is 5.84. The summed E-state index contributed by atoms with van der Waals surface area (Å²) < 4.78 is 4.98. The molecule has 0 aliphatic rings. The number of carbonyl (C=O) groups excluding carboxylic acids is 1. The lowest BCUT2D eigenvalue weighted by Gasteiger charge is -1.98. The number of benzene rings is 2. The maximum Gasteiger partial charge on any atom is 0.416 e. The molecule has 0 saturated carbocycles. The third-order valence-corrected chi connectivity index (χ3v) is 2.99. The summed E-state index contributed by atoms with van der Waals surface area (Å²) in [5.74, 6) is -0.517. The van der Waals surface area contributed by atoms with Crippen molar-refractivity contribution in [3.63, 3.8) is 0 Å². The van der Waals surface area contributed by atoms with E-state index in [4.69, 9.17) is 4.74 Å². The molecule has 1 aromatic heterocycles. The number of rotatable bonds is 4. The summed E-state index contributed by atoms with van der Waals surface area (Å²) in [6, 6.07) is 19.0. The number of tetrazole rings is 1. The first-order chi connectivity index (χ1) is 10.8. The highest BCUT2D eigenvalue weighted by atomic mass is 16.5. The molecule has 0 aliphatic heterocycles. The van der Waals surface area contributed by atoms with E-state index in [2.05, 4.69) is 10.2 Å². The summed E-state index contributed by atoms with van der Waals surface area (Å²) >= 11 is 0. The van der Waals surface area contributed by atoms with E-state index < -0.39 is 5.97 Å². The van der Waals surface area contributed by atoms with Crippen LogP contribution in [0.4, 0.5) is 0 Å². The lowest BCUT2D eigenvalue weighted by molar-refractivity contribution is -0.735. The molecule has 6 heteroatoms. The Balaban J connectivity index is 2.12. The smallest absolute Gasteiger partial charge is 0.416 e. The molecule has 0 unspecified atom stereocenters. The summed E-state index contributed by atoms with van der Waals surface area (Å²) in [5, 5.41) is 8.54. The number of para-hydroxylation sites is 2. The fourth-order valence-electron chi connectivity index (χ4n) is 2.02. The minimum atomic E-state index is -0.540. The summed E-state index contributed by atoms with van der Waals surface area (Å²) in [6.07, 6.45) is 0. The number of nitrogens with zero attached hydrogens (tertiary/aromatic N) is 4. The minimum Gasteiger partial charge on any atom is -0.458 e. The summed E-state index contributed by atoms with van der Waals surface area (Å²) in [7, 11) is 0. The van der Waals surface area contributed by atoms with Gasteiger partial charge in [0.2, 0.25) is 0 Å². The molecule has 3 aromatic rings. The molecule has 1 heterocycles. The molecule has 0 saturated heterocycles. The molecule has 0 amide bonds. The highest BCUT2D eigenvalue weighted by Crippen LogP contribution is 2.05. The molecule has 22 heavy (non-hydrogen) atoms. The van der Waals surface area contributed by atoms with Gasteiger partial charge in [-0.25, -0.2) is 4.79 Å². The zero-order valence-electron chi connectivity index (χ0n) is 12.1. The van der Waals surface area contributed by atoms with Gasteiger partial charge in [-0.2, -0.15) is 0 Å². The van der Waals surface area contributed by atoms with Gasteiger partial charge in [-0.05, 0) is 36.0 Å². The molecule has 0 N–H and O–H groups in total. The molecule has 0 spiro atoms. The Labute approximate surface area is 127 Å². The lowest BCUT2D eigenvalue weighted by Crippen LogP contribution is -2.43. The van der Waals surface area contributed by atoms with Crippen LogP contribution < -0.4 is 4.80 Å². The van der Waals surface area contributed by atoms with Crippen LogP contribution in [0.5, 0.6) is 0 Å². The van der Waals surface area contributed by atoms with Crippen LogP contribution >= 0.6 is 0 Å². The molecule has 0 aliphatic carbocycles. The van der Waals surface area contributed by atoms with Crippen molar-refractivity contribution >= 4 is 5.97 Å². The van der Waals surface area contributed by atoms with E-state index in [1.807, 2.05) is 60.7 Å². The van der Waals surface area contributed by atoms with Crippen LogP contribution in [0.25, 0.3) is 11.4 Å². The predicted octanol–water partition coefficient (Wildman–Crippen LogP) is 1.72. The average Bonchev–Trinajstić information content (AvgIpc) is 3.02. The number of aromatic nitrogens is 4. The Morgan fingerprint density at radius 3 is 2.36 bits per heavy atom. The molecule has 3 rings (SSSR count). The third kappa shape index (κ3) is 2.71. The first kappa shape index (κ1) is 13.9. The van der Waals surface area contributed by atoms with Crippen LogP contribution in [0.3, 0.4) is 0 Å². The van der Waals surface area contributed by atoms with E-state index in [1.54, 1.807) is 16.5 Å². The van der Waals surface area contributed by atoms with Gasteiger partial charge in [0.05, 0.1) is 11.7 Å². The van der Waals surface area contributed by atoms with Crippen LogP contribution in [-0.2, 0) is 4.74 Å².